The van der Waals surface area contributed by atoms with E-state index in [0.29, 0.717) is 0 Å². The number of pyridine rings is 2. The van der Waals surface area contributed by atoms with Crippen LogP contribution < -0.4 is 5.32 Å². The molecule has 1 saturated heterocycles. The van der Waals surface area contributed by atoms with Gasteiger partial charge in [0.1, 0.15) is 0 Å². The first kappa shape index (κ1) is 15.2. The van der Waals surface area contributed by atoms with Crippen molar-refractivity contribution in [3.63, 3.8) is 0 Å². The van der Waals surface area contributed by atoms with Crippen LogP contribution in [0, 0.1) is 0 Å². The van der Waals surface area contributed by atoms with Crippen molar-refractivity contribution in [3.8, 4) is 0 Å². The minimum absolute atomic E-state index is 0.227. The van der Waals surface area contributed by atoms with Crippen LogP contribution in [0.1, 0.15) is 23.6 Å². The van der Waals surface area contributed by atoms with Crippen molar-refractivity contribution < 1.29 is 0 Å². The maximum atomic E-state index is 4.69. The summed E-state index contributed by atoms with van der Waals surface area (Å²) >= 11 is 0. The Kier molecular flexibility index (Phi) is 4.49. The lowest BCUT2D eigenvalue weighted by Crippen LogP contribution is -2.33. The van der Waals surface area contributed by atoms with Crippen LogP contribution in [-0.2, 0) is 0 Å². The van der Waals surface area contributed by atoms with Crippen molar-refractivity contribution in [2.24, 2.45) is 0 Å². The molecule has 4 nitrogen and oxygen atoms in total. The predicted molar refractivity (Wildman–Crippen MR) is 96.9 cm³/mol. The van der Waals surface area contributed by atoms with Crippen molar-refractivity contribution in [2.75, 3.05) is 26.2 Å². The molecule has 24 heavy (non-hydrogen) atoms. The number of benzene rings is 1. The zero-order valence-electron chi connectivity index (χ0n) is 13.7. The van der Waals surface area contributed by atoms with Gasteiger partial charge in [-0.05, 0) is 48.4 Å². The molecule has 1 N–H and O–H groups in total. The molecule has 4 rings (SSSR count). The van der Waals surface area contributed by atoms with Crippen LogP contribution in [0.15, 0.2) is 61.1 Å². The molecule has 3 aromatic rings. The Morgan fingerprint density at radius 3 is 2.75 bits per heavy atom. The van der Waals surface area contributed by atoms with Crippen LogP contribution in [0.4, 0.5) is 0 Å². The van der Waals surface area contributed by atoms with Crippen molar-refractivity contribution in [1.82, 2.24) is 20.2 Å². The molecular weight excluding hydrogens is 296 g/mol. The van der Waals surface area contributed by atoms with E-state index >= 15 is 0 Å². The molecule has 1 aliphatic rings. The molecule has 0 amide bonds. The minimum Gasteiger partial charge on any atom is -0.315 e. The summed E-state index contributed by atoms with van der Waals surface area (Å²) in [6.07, 6.45) is 6.97. The van der Waals surface area contributed by atoms with Gasteiger partial charge in [0.2, 0.25) is 0 Å². The van der Waals surface area contributed by atoms with Gasteiger partial charge in [-0.15, -0.1) is 0 Å². The second-order valence-electron chi connectivity index (χ2n) is 6.28. The van der Waals surface area contributed by atoms with Crippen molar-refractivity contribution in [3.05, 3.63) is 72.2 Å². The van der Waals surface area contributed by atoms with E-state index in [9.17, 15) is 0 Å². The van der Waals surface area contributed by atoms with Gasteiger partial charge in [0.25, 0.3) is 0 Å². The normalized spacial score (nSPS) is 17.5. The van der Waals surface area contributed by atoms with E-state index < -0.39 is 0 Å². The molecule has 0 aliphatic carbocycles. The zero-order valence-corrected chi connectivity index (χ0v) is 13.7. The van der Waals surface area contributed by atoms with Gasteiger partial charge in [0.15, 0.2) is 0 Å². The molecule has 3 heterocycles. The maximum Gasteiger partial charge on any atom is 0.0702 e. The molecule has 1 unspecified atom stereocenters. The number of hydrogen-bond acceptors (Lipinski definition) is 4. The summed E-state index contributed by atoms with van der Waals surface area (Å²) < 4.78 is 0. The molecule has 2 aromatic heterocycles. The van der Waals surface area contributed by atoms with E-state index in [-0.39, 0.29) is 6.04 Å². The fourth-order valence-electron chi connectivity index (χ4n) is 3.52. The number of rotatable bonds is 3. The molecule has 4 heteroatoms. The van der Waals surface area contributed by atoms with Crippen LogP contribution in [0.25, 0.3) is 10.9 Å². The summed E-state index contributed by atoms with van der Waals surface area (Å²) in [4.78, 5) is 11.4. The lowest BCUT2D eigenvalue weighted by atomic mass is 9.97. The Labute approximate surface area is 142 Å². The Bertz CT molecular complexity index is 795. The summed E-state index contributed by atoms with van der Waals surface area (Å²) in [5.41, 5.74) is 3.58. The van der Waals surface area contributed by atoms with Crippen molar-refractivity contribution in [1.29, 1.82) is 0 Å². The number of nitrogens with one attached hydrogen (secondary N) is 1. The third-order valence-electron chi connectivity index (χ3n) is 4.69. The number of hydrogen-bond donors (Lipinski definition) is 1. The molecule has 0 radical (unpaired) electrons. The standard InChI is InChI=1S/C20H22N4/c1-2-5-19-17(4-1)14-18(15-23-19)20(16-6-9-22-10-7-16)24-12-3-8-21-11-13-24/h1-2,4-7,9-10,14-15,20-21H,3,8,11-13H2. The molecule has 1 fully saturated rings. The van der Waals surface area contributed by atoms with Crippen molar-refractivity contribution in [2.45, 2.75) is 12.5 Å². The minimum atomic E-state index is 0.227. The smallest absolute Gasteiger partial charge is 0.0702 e. The van der Waals surface area contributed by atoms with Gasteiger partial charge >= 0.3 is 0 Å². The molecule has 1 atom stereocenters. The van der Waals surface area contributed by atoms with E-state index in [1.54, 1.807) is 0 Å². The summed E-state index contributed by atoms with van der Waals surface area (Å²) in [6, 6.07) is 15.1. The largest absolute Gasteiger partial charge is 0.315 e. The molecule has 0 spiro atoms. The highest BCUT2D eigenvalue weighted by atomic mass is 15.2. The summed E-state index contributed by atoms with van der Waals surface area (Å²) in [6.45, 7) is 4.25. The van der Waals surface area contributed by atoms with Gasteiger partial charge < -0.3 is 5.32 Å². The second kappa shape index (κ2) is 7.07. The van der Waals surface area contributed by atoms with E-state index in [4.69, 9.17) is 0 Å². The number of para-hydroxylation sites is 1. The first-order chi connectivity index (χ1) is 11.9. The molecule has 1 aromatic carbocycles. The highest BCUT2D eigenvalue weighted by Gasteiger charge is 2.23. The predicted octanol–water partition coefficient (Wildman–Crippen LogP) is 3.01. The van der Waals surface area contributed by atoms with Gasteiger partial charge in [-0.1, -0.05) is 18.2 Å². The van der Waals surface area contributed by atoms with Crippen LogP contribution >= 0.6 is 0 Å². The second-order valence-corrected chi connectivity index (χ2v) is 6.28. The first-order valence-electron chi connectivity index (χ1n) is 8.61. The van der Waals surface area contributed by atoms with E-state index in [0.717, 1.165) is 31.7 Å². The lowest BCUT2D eigenvalue weighted by Gasteiger charge is -2.31. The first-order valence-corrected chi connectivity index (χ1v) is 8.61. The van der Waals surface area contributed by atoms with Crippen LogP contribution in [0.2, 0.25) is 0 Å². The van der Waals surface area contributed by atoms with E-state index in [1.807, 2.05) is 24.7 Å². The fourth-order valence-corrected chi connectivity index (χ4v) is 3.52. The number of fused-ring (bicyclic) bond motifs is 1. The van der Waals surface area contributed by atoms with Gasteiger partial charge in [0, 0.05) is 43.6 Å². The molecular formula is C20H22N4. The monoisotopic (exact) mass is 318 g/mol. The van der Waals surface area contributed by atoms with Gasteiger partial charge in [-0.2, -0.15) is 0 Å². The van der Waals surface area contributed by atoms with Crippen molar-refractivity contribution >= 4 is 10.9 Å². The Hall–Kier alpha value is -2.30. The molecule has 122 valence electrons. The average Bonchev–Trinajstić information content (AvgIpc) is 2.92. The van der Waals surface area contributed by atoms with Gasteiger partial charge in [-0.3, -0.25) is 14.9 Å². The zero-order chi connectivity index (χ0) is 16.2. The van der Waals surface area contributed by atoms with Crippen LogP contribution in [0.5, 0.6) is 0 Å². The van der Waals surface area contributed by atoms with E-state index in [1.165, 1.54) is 22.9 Å². The maximum absolute atomic E-state index is 4.69. The molecule has 0 saturated carbocycles. The fraction of sp³-hybridized carbons (Fsp3) is 0.300. The Balaban J connectivity index is 1.78. The third-order valence-corrected chi connectivity index (χ3v) is 4.69. The number of aromatic nitrogens is 2. The van der Waals surface area contributed by atoms with E-state index in [2.05, 4.69) is 56.6 Å². The Morgan fingerprint density at radius 1 is 0.958 bits per heavy atom. The summed E-state index contributed by atoms with van der Waals surface area (Å²) in [5.74, 6) is 0. The summed E-state index contributed by atoms with van der Waals surface area (Å²) in [5, 5.41) is 4.69. The Morgan fingerprint density at radius 2 is 1.83 bits per heavy atom. The number of nitrogens with zero attached hydrogens (tertiary/aromatic N) is 3. The summed E-state index contributed by atoms with van der Waals surface area (Å²) in [7, 11) is 0. The van der Waals surface area contributed by atoms with Gasteiger partial charge in [0.05, 0.1) is 11.6 Å². The average molecular weight is 318 g/mol. The molecule has 1 aliphatic heterocycles. The lowest BCUT2D eigenvalue weighted by molar-refractivity contribution is 0.241. The topological polar surface area (TPSA) is 41.1 Å². The highest BCUT2D eigenvalue weighted by molar-refractivity contribution is 5.79. The van der Waals surface area contributed by atoms with Crippen LogP contribution in [0.3, 0.4) is 0 Å². The van der Waals surface area contributed by atoms with Crippen LogP contribution in [-0.4, -0.2) is 41.0 Å². The highest BCUT2D eigenvalue weighted by Crippen LogP contribution is 2.30. The quantitative estimate of drug-likeness (QED) is 0.806. The SMILES string of the molecule is c1ccc2ncc(C(c3ccncc3)N3CCCNCC3)cc2c1. The van der Waals surface area contributed by atoms with Gasteiger partial charge in [-0.25, -0.2) is 0 Å². The third kappa shape index (κ3) is 3.16. The molecule has 0 bridgehead atoms.